The first kappa shape index (κ1) is 10.2. The van der Waals surface area contributed by atoms with Crippen molar-refractivity contribution in [2.75, 3.05) is 19.6 Å². The van der Waals surface area contributed by atoms with Crippen LogP contribution in [-0.4, -0.2) is 40.6 Å². The Labute approximate surface area is 106 Å². The first-order valence-corrected chi connectivity index (χ1v) is 6.58. The maximum atomic E-state index is 10.0. The Morgan fingerprint density at radius 2 is 2.17 bits per heavy atom. The summed E-state index contributed by atoms with van der Waals surface area (Å²) in [4.78, 5) is 7.01. The number of phenols is 2. The molecule has 2 N–H and O–H groups in total. The van der Waals surface area contributed by atoms with Gasteiger partial charge >= 0.3 is 0 Å². The highest BCUT2D eigenvalue weighted by atomic mass is 16.3. The molecule has 2 atom stereocenters. The predicted molar refractivity (Wildman–Crippen MR) is 68.2 cm³/mol. The van der Waals surface area contributed by atoms with Gasteiger partial charge in [-0.15, -0.1) is 0 Å². The summed E-state index contributed by atoms with van der Waals surface area (Å²) in [5, 5.41) is 19.6. The smallest absolute Gasteiger partial charge is 0.160 e. The topological polar surface area (TPSA) is 56.1 Å². The van der Waals surface area contributed by atoms with Gasteiger partial charge in [-0.2, -0.15) is 0 Å². The van der Waals surface area contributed by atoms with Gasteiger partial charge in [0.15, 0.2) is 11.5 Å². The molecule has 1 fully saturated rings. The van der Waals surface area contributed by atoms with Gasteiger partial charge in [0.05, 0.1) is 6.54 Å². The number of phenolic OH excluding ortho intramolecular Hbond substituents is 2. The van der Waals surface area contributed by atoms with Gasteiger partial charge in [-0.3, -0.25) is 4.99 Å². The zero-order valence-electron chi connectivity index (χ0n) is 10.1. The van der Waals surface area contributed by atoms with Crippen LogP contribution in [0.1, 0.15) is 23.5 Å². The van der Waals surface area contributed by atoms with Gasteiger partial charge in [0.2, 0.25) is 0 Å². The van der Waals surface area contributed by atoms with Gasteiger partial charge in [-0.1, -0.05) is 6.07 Å². The average Bonchev–Trinajstić information content (AvgIpc) is 2.93. The molecule has 1 aliphatic carbocycles. The molecular weight excluding hydrogens is 228 g/mol. The summed E-state index contributed by atoms with van der Waals surface area (Å²) in [7, 11) is 0. The van der Waals surface area contributed by atoms with Crippen molar-refractivity contribution in [3.63, 3.8) is 0 Å². The van der Waals surface area contributed by atoms with E-state index in [2.05, 4.69) is 9.89 Å². The SMILES string of the molecule is Oc1ccc2c(c1O)CC[C@@H]1CN3CCN=C3[C@H]21. The Kier molecular flexibility index (Phi) is 1.93. The molecule has 0 aromatic heterocycles. The van der Waals surface area contributed by atoms with Crippen molar-refractivity contribution in [1.82, 2.24) is 4.90 Å². The molecule has 0 saturated carbocycles. The normalized spacial score (nSPS) is 28.7. The lowest BCUT2D eigenvalue weighted by Gasteiger charge is -2.27. The molecule has 4 nitrogen and oxygen atoms in total. The Balaban J connectivity index is 1.87. The Morgan fingerprint density at radius 1 is 1.28 bits per heavy atom. The fraction of sp³-hybridized carbons (Fsp3) is 0.500. The molecule has 1 aromatic carbocycles. The Morgan fingerprint density at radius 3 is 3.06 bits per heavy atom. The lowest BCUT2D eigenvalue weighted by molar-refractivity contribution is 0.367. The summed E-state index contributed by atoms with van der Waals surface area (Å²) >= 11 is 0. The molecule has 94 valence electrons. The van der Waals surface area contributed by atoms with Gasteiger partial charge in [-0.05, 0) is 30.4 Å². The van der Waals surface area contributed by atoms with Crippen molar-refractivity contribution in [3.05, 3.63) is 23.3 Å². The molecule has 0 amide bonds. The fourth-order valence-electron chi connectivity index (χ4n) is 3.75. The van der Waals surface area contributed by atoms with Crippen LogP contribution in [0.2, 0.25) is 0 Å². The molecule has 0 bridgehead atoms. The van der Waals surface area contributed by atoms with Crippen LogP contribution < -0.4 is 0 Å². The second-order valence-corrected chi connectivity index (χ2v) is 5.46. The first-order chi connectivity index (χ1) is 8.75. The summed E-state index contributed by atoms with van der Waals surface area (Å²) in [6.07, 6.45) is 1.93. The average molecular weight is 244 g/mol. The third-order valence-electron chi connectivity index (χ3n) is 4.57. The molecule has 4 rings (SSSR count). The highest BCUT2D eigenvalue weighted by Crippen LogP contribution is 2.47. The quantitative estimate of drug-likeness (QED) is 0.679. The van der Waals surface area contributed by atoms with E-state index in [4.69, 9.17) is 0 Å². The fourth-order valence-corrected chi connectivity index (χ4v) is 3.75. The highest BCUT2D eigenvalue weighted by molar-refractivity contribution is 5.93. The summed E-state index contributed by atoms with van der Waals surface area (Å²) in [6.45, 7) is 3.05. The number of hydrogen-bond donors (Lipinski definition) is 2. The number of nitrogens with zero attached hydrogens (tertiary/aromatic N) is 2. The van der Waals surface area contributed by atoms with Crippen LogP contribution in [0.3, 0.4) is 0 Å². The van der Waals surface area contributed by atoms with E-state index in [1.165, 1.54) is 11.4 Å². The van der Waals surface area contributed by atoms with Gasteiger partial charge in [0.1, 0.15) is 5.84 Å². The summed E-state index contributed by atoms with van der Waals surface area (Å²) in [6, 6.07) is 3.57. The van der Waals surface area contributed by atoms with E-state index in [0.29, 0.717) is 11.8 Å². The lowest BCUT2D eigenvalue weighted by Crippen LogP contribution is -2.23. The summed E-state index contributed by atoms with van der Waals surface area (Å²) in [5.74, 6) is 2.23. The molecule has 1 saturated heterocycles. The molecule has 18 heavy (non-hydrogen) atoms. The molecule has 2 heterocycles. The number of fused-ring (bicyclic) bond motifs is 5. The number of aromatic hydroxyl groups is 2. The summed E-state index contributed by atoms with van der Waals surface area (Å²) < 4.78 is 0. The van der Waals surface area contributed by atoms with Crippen molar-refractivity contribution >= 4 is 5.84 Å². The van der Waals surface area contributed by atoms with Gasteiger partial charge in [0.25, 0.3) is 0 Å². The molecule has 0 spiro atoms. The molecule has 1 aromatic rings. The maximum Gasteiger partial charge on any atom is 0.160 e. The van der Waals surface area contributed by atoms with Crippen molar-refractivity contribution in [3.8, 4) is 11.5 Å². The second kappa shape index (κ2) is 3.40. The monoisotopic (exact) mass is 244 g/mol. The molecule has 2 aliphatic heterocycles. The zero-order valence-corrected chi connectivity index (χ0v) is 10.1. The second-order valence-electron chi connectivity index (χ2n) is 5.46. The van der Waals surface area contributed by atoms with Gasteiger partial charge in [-0.25, -0.2) is 0 Å². The molecule has 0 unspecified atom stereocenters. The summed E-state index contributed by atoms with van der Waals surface area (Å²) in [5.41, 5.74) is 2.09. The standard InChI is InChI=1S/C14H16N2O2/c17-11-4-3-9-10(13(11)18)2-1-8-7-16-6-5-15-14(16)12(8)9/h3-4,8,12,17-18H,1-2,5-7H2/t8-,12+/m1/s1. The van der Waals surface area contributed by atoms with Crippen molar-refractivity contribution in [2.45, 2.75) is 18.8 Å². The van der Waals surface area contributed by atoms with Gasteiger partial charge in [0, 0.05) is 24.6 Å². The first-order valence-electron chi connectivity index (χ1n) is 6.58. The lowest BCUT2D eigenvalue weighted by atomic mass is 9.76. The van der Waals surface area contributed by atoms with E-state index < -0.39 is 0 Å². The number of hydrogen-bond acceptors (Lipinski definition) is 4. The van der Waals surface area contributed by atoms with E-state index in [9.17, 15) is 10.2 Å². The number of aliphatic imine (C=N–C) groups is 1. The van der Waals surface area contributed by atoms with E-state index in [0.717, 1.165) is 38.0 Å². The third kappa shape index (κ3) is 1.18. The van der Waals surface area contributed by atoms with Crippen molar-refractivity contribution in [2.24, 2.45) is 10.9 Å². The Hall–Kier alpha value is -1.71. The van der Waals surface area contributed by atoms with Gasteiger partial charge < -0.3 is 15.1 Å². The molecule has 0 radical (unpaired) electrons. The Bertz CT molecular complexity index is 553. The van der Waals surface area contributed by atoms with Crippen LogP contribution >= 0.6 is 0 Å². The third-order valence-corrected chi connectivity index (χ3v) is 4.57. The maximum absolute atomic E-state index is 10.0. The van der Waals surface area contributed by atoms with Crippen LogP contribution in [0.5, 0.6) is 11.5 Å². The minimum Gasteiger partial charge on any atom is -0.504 e. The van der Waals surface area contributed by atoms with E-state index >= 15 is 0 Å². The highest BCUT2D eigenvalue weighted by Gasteiger charge is 2.44. The largest absolute Gasteiger partial charge is 0.504 e. The van der Waals surface area contributed by atoms with Crippen LogP contribution in [0.4, 0.5) is 0 Å². The van der Waals surface area contributed by atoms with Crippen LogP contribution in [-0.2, 0) is 6.42 Å². The predicted octanol–water partition coefficient (Wildman–Crippen LogP) is 1.47. The number of rotatable bonds is 0. The van der Waals surface area contributed by atoms with E-state index in [1.807, 2.05) is 6.07 Å². The van der Waals surface area contributed by atoms with Crippen LogP contribution in [0.25, 0.3) is 0 Å². The molecule has 4 heteroatoms. The minimum atomic E-state index is -0.00425. The van der Waals surface area contributed by atoms with Crippen LogP contribution in [0.15, 0.2) is 17.1 Å². The number of amidine groups is 1. The van der Waals surface area contributed by atoms with Crippen LogP contribution in [0, 0.1) is 5.92 Å². The molecule has 3 aliphatic rings. The van der Waals surface area contributed by atoms with E-state index in [-0.39, 0.29) is 11.5 Å². The zero-order chi connectivity index (χ0) is 12.3. The van der Waals surface area contributed by atoms with Crippen molar-refractivity contribution in [1.29, 1.82) is 0 Å². The minimum absolute atomic E-state index is 0.00425. The van der Waals surface area contributed by atoms with Crippen molar-refractivity contribution < 1.29 is 10.2 Å². The number of benzene rings is 1. The van der Waals surface area contributed by atoms with E-state index in [1.54, 1.807) is 6.07 Å². The molecular formula is C14H16N2O2.